The fourth-order valence-electron chi connectivity index (χ4n) is 3.32. The number of aromatic amines is 1. The quantitative estimate of drug-likeness (QED) is 0.759. The Labute approximate surface area is 139 Å². The van der Waals surface area contributed by atoms with Gasteiger partial charge in [-0.05, 0) is 18.6 Å². The minimum absolute atomic E-state index is 0.0107. The third-order valence-corrected chi connectivity index (χ3v) is 4.54. The molecule has 7 heteroatoms. The van der Waals surface area contributed by atoms with E-state index in [0.29, 0.717) is 19.6 Å². The van der Waals surface area contributed by atoms with Crippen molar-refractivity contribution in [2.24, 2.45) is 0 Å². The molecule has 1 fully saturated rings. The van der Waals surface area contributed by atoms with Gasteiger partial charge >= 0.3 is 0 Å². The van der Waals surface area contributed by atoms with Crippen LogP contribution in [0.3, 0.4) is 0 Å². The van der Waals surface area contributed by atoms with Crippen LogP contribution >= 0.6 is 0 Å². The van der Waals surface area contributed by atoms with Crippen molar-refractivity contribution >= 4 is 16.8 Å². The lowest BCUT2D eigenvalue weighted by Crippen LogP contribution is -2.41. The normalized spacial score (nSPS) is 20.5. The number of benzene rings is 1. The first-order valence-electron chi connectivity index (χ1n) is 8.01. The Morgan fingerprint density at radius 1 is 1.42 bits per heavy atom. The average Bonchev–Trinajstić information content (AvgIpc) is 3.28. The molecule has 1 aliphatic rings. The molecule has 2 N–H and O–H groups in total. The second-order valence-corrected chi connectivity index (χ2v) is 6.11. The lowest BCUT2D eigenvalue weighted by molar-refractivity contribution is -0.121. The van der Waals surface area contributed by atoms with Crippen LogP contribution in [0.4, 0.5) is 0 Å². The molecule has 124 valence electrons. The number of rotatable bonds is 4. The zero-order valence-electron chi connectivity index (χ0n) is 13.4. The van der Waals surface area contributed by atoms with Gasteiger partial charge in [-0.2, -0.15) is 0 Å². The molecular weight excluding hydrogens is 306 g/mol. The molecule has 3 heterocycles. The van der Waals surface area contributed by atoms with Gasteiger partial charge in [0.15, 0.2) is 0 Å². The molecule has 1 aliphatic heterocycles. The minimum Gasteiger partial charge on any atom is -0.377 e. The lowest BCUT2D eigenvalue weighted by atomic mass is 10.1. The summed E-state index contributed by atoms with van der Waals surface area (Å²) in [7, 11) is 0. The van der Waals surface area contributed by atoms with Crippen molar-refractivity contribution in [3.63, 3.8) is 0 Å². The van der Waals surface area contributed by atoms with E-state index >= 15 is 0 Å². The fraction of sp³-hybridized carbons (Fsp3) is 0.353. The molecule has 7 nitrogen and oxygen atoms in total. The van der Waals surface area contributed by atoms with Crippen LogP contribution in [0.25, 0.3) is 10.9 Å². The number of carbonyl (C=O) groups excluding carboxylic acids is 1. The molecule has 0 bridgehead atoms. The van der Waals surface area contributed by atoms with Gasteiger partial charge in [0.1, 0.15) is 0 Å². The maximum Gasteiger partial charge on any atom is 0.224 e. The molecule has 1 amide bonds. The van der Waals surface area contributed by atoms with E-state index in [1.165, 1.54) is 0 Å². The predicted molar refractivity (Wildman–Crippen MR) is 88.5 cm³/mol. The Kier molecular flexibility index (Phi) is 3.78. The van der Waals surface area contributed by atoms with Crippen LogP contribution in [0.15, 0.2) is 36.7 Å². The second kappa shape index (κ2) is 6.09. The summed E-state index contributed by atoms with van der Waals surface area (Å²) >= 11 is 0. The highest BCUT2D eigenvalue weighted by Gasteiger charge is 2.31. The van der Waals surface area contributed by atoms with E-state index in [4.69, 9.17) is 4.74 Å². The topological polar surface area (TPSA) is 84.8 Å². The van der Waals surface area contributed by atoms with E-state index < -0.39 is 0 Å². The number of para-hydroxylation sites is 1. The smallest absolute Gasteiger partial charge is 0.224 e. The Bertz CT molecular complexity index is 855. The van der Waals surface area contributed by atoms with Crippen LogP contribution in [0, 0.1) is 6.92 Å². The largest absolute Gasteiger partial charge is 0.377 e. The third kappa shape index (κ3) is 2.67. The summed E-state index contributed by atoms with van der Waals surface area (Å²) in [6, 6.07) is 7.93. The summed E-state index contributed by atoms with van der Waals surface area (Å²) in [4.78, 5) is 15.9. The number of nitrogens with one attached hydrogen (secondary N) is 2. The highest BCUT2D eigenvalue weighted by atomic mass is 16.5. The maximum absolute atomic E-state index is 12.6. The standard InChI is InChI=1S/C17H19N5O2/c1-11-13(12-4-2-3-5-14(12)19-11)8-17(23)20-15-9-24-10-16(15)22-7-6-18-21-22/h2-7,15-16,19H,8-10H2,1H3,(H,20,23)/t15-,16+/m0/s1. The number of aryl methyl sites for hydroxylation is 1. The van der Waals surface area contributed by atoms with E-state index in [1.54, 1.807) is 17.1 Å². The molecule has 0 saturated carbocycles. The molecule has 2 atom stereocenters. The number of nitrogens with zero attached hydrogens (tertiary/aromatic N) is 3. The summed E-state index contributed by atoms with van der Waals surface area (Å²) < 4.78 is 7.26. The zero-order valence-corrected chi connectivity index (χ0v) is 13.4. The van der Waals surface area contributed by atoms with E-state index in [0.717, 1.165) is 22.2 Å². The minimum atomic E-state index is -0.0929. The molecule has 1 aromatic carbocycles. The highest BCUT2D eigenvalue weighted by Crippen LogP contribution is 2.23. The highest BCUT2D eigenvalue weighted by molar-refractivity contribution is 5.90. The van der Waals surface area contributed by atoms with E-state index in [9.17, 15) is 4.79 Å². The van der Waals surface area contributed by atoms with Gasteiger partial charge in [0.2, 0.25) is 5.91 Å². The van der Waals surface area contributed by atoms with Crippen molar-refractivity contribution < 1.29 is 9.53 Å². The molecule has 4 rings (SSSR count). The van der Waals surface area contributed by atoms with Crippen molar-refractivity contribution in [3.8, 4) is 0 Å². The van der Waals surface area contributed by atoms with Gasteiger partial charge in [0.25, 0.3) is 0 Å². The van der Waals surface area contributed by atoms with Gasteiger partial charge in [0.05, 0.1) is 37.9 Å². The SMILES string of the molecule is Cc1[nH]c2ccccc2c1CC(=O)N[C@H]1COC[C@H]1n1ccnn1. The van der Waals surface area contributed by atoms with Gasteiger partial charge < -0.3 is 15.0 Å². The predicted octanol–water partition coefficient (Wildman–Crippen LogP) is 1.37. The van der Waals surface area contributed by atoms with Crippen molar-refractivity contribution in [1.82, 2.24) is 25.3 Å². The molecule has 24 heavy (non-hydrogen) atoms. The van der Waals surface area contributed by atoms with Crippen LogP contribution in [0.1, 0.15) is 17.3 Å². The zero-order chi connectivity index (χ0) is 16.5. The van der Waals surface area contributed by atoms with Crippen LogP contribution in [0.2, 0.25) is 0 Å². The summed E-state index contributed by atoms with van der Waals surface area (Å²) in [6.45, 7) is 3.02. The van der Waals surface area contributed by atoms with Crippen LogP contribution in [0.5, 0.6) is 0 Å². The fourth-order valence-corrected chi connectivity index (χ4v) is 3.32. The van der Waals surface area contributed by atoms with Crippen LogP contribution < -0.4 is 5.32 Å². The molecule has 3 aromatic rings. The molecule has 0 aliphatic carbocycles. The Hall–Kier alpha value is -2.67. The number of hydrogen-bond donors (Lipinski definition) is 2. The third-order valence-electron chi connectivity index (χ3n) is 4.54. The molecule has 0 unspecified atom stereocenters. The number of carbonyl (C=O) groups is 1. The summed E-state index contributed by atoms with van der Waals surface area (Å²) in [6.07, 6.45) is 3.77. The van der Waals surface area contributed by atoms with E-state index in [2.05, 4.69) is 20.6 Å². The molecule has 2 aromatic heterocycles. The first kappa shape index (κ1) is 14.9. The summed E-state index contributed by atoms with van der Waals surface area (Å²) in [5, 5.41) is 12.0. The average molecular weight is 325 g/mol. The van der Waals surface area contributed by atoms with Crippen molar-refractivity contribution in [3.05, 3.63) is 47.9 Å². The summed E-state index contributed by atoms with van der Waals surface area (Å²) in [5.41, 5.74) is 3.13. The Balaban J connectivity index is 1.49. The van der Waals surface area contributed by atoms with Gasteiger partial charge in [-0.25, -0.2) is 4.68 Å². The van der Waals surface area contributed by atoms with Crippen LogP contribution in [-0.4, -0.2) is 45.1 Å². The number of fused-ring (bicyclic) bond motifs is 1. The van der Waals surface area contributed by atoms with Crippen molar-refractivity contribution in [2.75, 3.05) is 13.2 Å². The number of aromatic nitrogens is 4. The molecule has 1 saturated heterocycles. The van der Waals surface area contributed by atoms with E-state index in [1.807, 2.05) is 31.2 Å². The van der Waals surface area contributed by atoms with Gasteiger partial charge in [-0.3, -0.25) is 4.79 Å². The number of hydrogen-bond acceptors (Lipinski definition) is 4. The van der Waals surface area contributed by atoms with Crippen molar-refractivity contribution in [1.29, 1.82) is 0 Å². The number of ether oxygens (including phenoxy) is 1. The summed E-state index contributed by atoms with van der Waals surface area (Å²) in [5.74, 6) is -0.0107. The molecule has 0 radical (unpaired) electrons. The maximum atomic E-state index is 12.6. The van der Waals surface area contributed by atoms with E-state index in [-0.39, 0.29) is 18.0 Å². The first-order valence-corrected chi connectivity index (χ1v) is 8.01. The number of amides is 1. The van der Waals surface area contributed by atoms with Gasteiger partial charge in [0, 0.05) is 22.8 Å². The van der Waals surface area contributed by atoms with Crippen molar-refractivity contribution in [2.45, 2.75) is 25.4 Å². The second-order valence-electron chi connectivity index (χ2n) is 6.11. The Morgan fingerprint density at radius 2 is 2.29 bits per heavy atom. The monoisotopic (exact) mass is 325 g/mol. The van der Waals surface area contributed by atoms with Gasteiger partial charge in [-0.1, -0.05) is 23.4 Å². The van der Waals surface area contributed by atoms with Crippen LogP contribution in [-0.2, 0) is 16.0 Å². The lowest BCUT2D eigenvalue weighted by Gasteiger charge is -2.19. The first-order chi connectivity index (χ1) is 11.7. The number of H-pyrrole nitrogens is 1. The molecular formula is C17H19N5O2. The molecule has 0 spiro atoms. The Morgan fingerprint density at radius 3 is 3.12 bits per heavy atom. The van der Waals surface area contributed by atoms with Gasteiger partial charge in [-0.15, -0.1) is 5.10 Å².